The lowest BCUT2D eigenvalue weighted by Crippen LogP contribution is -2.36. The van der Waals surface area contributed by atoms with Gasteiger partial charge in [0.15, 0.2) is 0 Å². The molecule has 1 aliphatic heterocycles. The van der Waals surface area contributed by atoms with Gasteiger partial charge in [-0.2, -0.15) is 5.10 Å². The van der Waals surface area contributed by atoms with Gasteiger partial charge in [0.1, 0.15) is 5.75 Å². The molecule has 0 amide bonds. The molecule has 2 heterocycles. The number of hydrogen-bond donors (Lipinski definition) is 1. The molecule has 0 aliphatic carbocycles. The Kier molecular flexibility index (Phi) is 3.51. The van der Waals surface area contributed by atoms with Gasteiger partial charge in [0.05, 0.1) is 6.04 Å². The first-order chi connectivity index (χ1) is 9.31. The average molecular weight is 257 g/mol. The molecule has 3 rings (SSSR count). The van der Waals surface area contributed by atoms with Crippen LogP contribution in [0.1, 0.15) is 24.4 Å². The van der Waals surface area contributed by atoms with Gasteiger partial charge in [-0.15, -0.1) is 0 Å². The molecule has 2 aromatic rings. The molecule has 0 spiro atoms. The number of piperidine rings is 1. The molecular formula is C15H19N3O. The van der Waals surface area contributed by atoms with E-state index in [1.54, 1.807) is 12.1 Å². The number of phenols is 1. The predicted octanol–water partition coefficient (Wildman–Crippen LogP) is 2.43. The van der Waals surface area contributed by atoms with Gasteiger partial charge in [0.2, 0.25) is 0 Å². The Balaban J connectivity index is 1.64. The first-order valence-electron chi connectivity index (χ1n) is 6.80. The number of aromatic nitrogens is 2. The van der Waals surface area contributed by atoms with E-state index in [9.17, 15) is 5.11 Å². The van der Waals surface area contributed by atoms with Crippen molar-refractivity contribution in [3.05, 3.63) is 48.3 Å². The molecule has 1 unspecified atom stereocenters. The molecule has 4 heteroatoms. The summed E-state index contributed by atoms with van der Waals surface area (Å²) in [7, 11) is 0. The second-order valence-electron chi connectivity index (χ2n) is 5.18. The number of likely N-dealkylation sites (tertiary alicyclic amines) is 1. The Morgan fingerprint density at radius 3 is 2.84 bits per heavy atom. The Morgan fingerprint density at radius 1 is 1.26 bits per heavy atom. The molecule has 0 radical (unpaired) electrons. The summed E-state index contributed by atoms with van der Waals surface area (Å²) in [6, 6.07) is 9.97. The molecular weight excluding hydrogens is 238 g/mol. The van der Waals surface area contributed by atoms with Crippen molar-refractivity contribution in [3.63, 3.8) is 0 Å². The Bertz CT molecular complexity index is 507. The minimum atomic E-state index is 0.330. The van der Waals surface area contributed by atoms with Crippen molar-refractivity contribution >= 4 is 0 Å². The topological polar surface area (TPSA) is 41.3 Å². The molecule has 1 N–H and O–H groups in total. The monoisotopic (exact) mass is 257 g/mol. The summed E-state index contributed by atoms with van der Waals surface area (Å²) in [4.78, 5) is 2.46. The van der Waals surface area contributed by atoms with Crippen molar-refractivity contribution in [1.29, 1.82) is 0 Å². The quantitative estimate of drug-likeness (QED) is 0.918. The van der Waals surface area contributed by atoms with Gasteiger partial charge in [-0.1, -0.05) is 12.1 Å². The van der Waals surface area contributed by atoms with Crippen molar-refractivity contribution in [2.75, 3.05) is 13.1 Å². The van der Waals surface area contributed by atoms with Crippen LogP contribution in [0.25, 0.3) is 0 Å². The van der Waals surface area contributed by atoms with Crippen molar-refractivity contribution in [3.8, 4) is 5.75 Å². The lowest BCUT2D eigenvalue weighted by atomic mass is 10.0. The fourth-order valence-electron chi connectivity index (χ4n) is 2.75. The second-order valence-corrected chi connectivity index (χ2v) is 5.18. The van der Waals surface area contributed by atoms with Crippen molar-refractivity contribution < 1.29 is 5.11 Å². The number of hydrogen-bond acceptors (Lipinski definition) is 3. The van der Waals surface area contributed by atoms with Crippen LogP contribution in [-0.4, -0.2) is 32.9 Å². The van der Waals surface area contributed by atoms with Gasteiger partial charge >= 0.3 is 0 Å². The smallest absolute Gasteiger partial charge is 0.115 e. The molecule has 100 valence electrons. The zero-order chi connectivity index (χ0) is 13.1. The van der Waals surface area contributed by atoms with E-state index in [0.29, 0.717) is 11.8 Å². The minimum Gasteiger partial charge on any atom is -0.508 e. The Morgan fingerprint density at radius 2 is 2.11 bits per heavy atom. The summed E-state index contributed by atoms with van der Waals surface area (Å²) in [5.41, 5.74) is 1.25. The van der Waals surface area contributed by atoms with Gasteiger partial charge in [-0.25, -0.2) is 0 Å². The molecule has 19 heavy (non-hydrogen) atoms. The molecule has 4 nitrogen and oxygen atoms in total. The third-order valence-corrected chi connectivity index (χ3v) is 3.72. The molecule has 1 aromatic carbocycles. The first kappa shape index (κ1) is 12.2. The van der Waals surface area contributed by atoms with E-state index in [2.05, 4.69) is 20.9 Å². The standard InChI is InChI=1S/C15H19N3O/c19-15-6-4-13(5-7-15)11-17-9-1-3-14(12-17)18-10-2-8-16-18/h2,4-8,10,14,19H,1,3,9,11-12H2. The van der Waals surface area contributed by atoms with Crippen LogP contribution in [0.15, 0.2) is 42.7 Å². The van der Waals surface area contributed by atoms with Crippen LogP contribution in [0.5, 0.6) is 5.75 Å². The molecule has 1 atom stereocenters. The molecule has 1 fully saturated rings. The number of phenolic OH excluding ortho intramolecular Hbond substituents is 1. The summed E-state index contributed by atoms with van der Waals surface area (Å²) in [6.07, 6.45) is 6.31. The van der Waals surface area contributed by atoms with E-state index in [4.69, 9.17) is 0 Å². The summed E-state index contributed by atoms with van der Waals surface area (Å²) in [5.74, 6) is 0.330. The van der Waals surface area contributed by atoms with Crippen LogP contribution in [-0.2, 0) is 6.54 Å². The maximum absolute atomic E-state index is 9.30. The highest BCUT2D eigenvalue weighted by atomic mass is 16.3. The van der Waals surface area contributed by atoms with Crippen LogP contribution < -0.4 is 0 Å². The molecule has 1 aromatic heterocycles. The van der Waals surface area contributed by atoms with Gasteiger partial charge in [-0.05, 0) is 43.1 Å². The fourth-order valence-corrected chi connectivity index (χ4v) is 2.75. The summed E-state index contributed by atoms with van der Waals surface area (Å²) >= 11 is 0. The summed E-state index contributed by atoms with van der Waals surface area (Å²) < 4.78 is 2.07. The maximum atomic E-state index is 9.30. The summed E-state index contributed by atoms with van der Waals surface area (Å²) in [5, 5.41) is 13.7. The average Bonchev–Trinajstić information content (AvgIpc) is 2.96. The third-order valence-electron chi connectivity index (χ3n) is 3.72. The largest absolute Gasteiger partial charge is 0.508 e. The van der Waals surface area contributed by atoms with E-state index in [1.807, 2.05) is 24.4 Å². The first-order valence-corrected chi connectivity index (χ1v) is 6.80. The highest BCUT2D eigenvalue weighted by molar-refractivity contribution is 5.25. The van der Waals surface area contributed by atoms with E-state index < -0.39 is 0 Å². The number of benzene rings is 1. The van der Waals surface area contributed by atoms with E-state index in [-0.39, 0.29) is 0 Å². The highest BCUT2D eigenvalue weighted by Crippen LogP contribution is 2.22. The van der Waals surface area contributed by atoms with Gasteiger partial charge in [0.25, 0.3) is 0 Å². The molecule has 0 bridgehead atoms. The Labute approximate surface area is 113 Å². The van der Waals surface area contributed by atoms with Crippen LogP contribution >= 0.6 is 0 Å². The molecule has 0 saturated carbocycles. The number of nitrogens with zero attached hydrogens (tertiary/aromatic N) is 3. The second kappa shape index (κ2) is 5.45. The van der Waals surface area contributed by atoms with Gasteiger partial charge in [-0.3, -0.25) is 9.58 Å². The number of aromatic hydroxyl groups is 1. The minimum absolute atomic E-state index is 0.330. The van der Waals surface area contributed by atoms with Gasteiger partial charge in [0, 0.05) is 25.5 Å². The predicted molar refractivity (Wildman–Crippen MR) is 73.9 cm³/mol. The fraction of sp³-hybridized carbons (Fsp3) is 0.400. The normalized spacial score (nSPS) is 20.5. The van der Waals surface area contributed by atoms with Crippen LogP contribution in [0, 0.1) is 0 Å². The van der Waals surface area contributed by atoms with E-state index in [0.717, 1.165) is 19.6 Å². The van der Waals surface area contributed by atoms with Crippen LogP contribution in [0.3, 0.4) is 0 Å². The van der Waals surface area contributed by atoms with Crippen molar-refractivity contribution in [2.24, 2.45) is 0 Å². The van der Waals surface area contributed by atoms with Crippen LogP contribution in [0.2, 0.25) is 0 Å². The molecule has 1 aliphatic rings. The molecule has 1 saturated heterocycles. The lowest BCUT2D eigenvalue weighted by Gasteiger charge is -2.32. The number of rotatable bonds is 3. The van der Waals surface area contributed by atoms with E-state index >= 15 is 0 Å². The third kappa shape index (κ3) is 2.96. The highest BCUT2D eigenvalue weighted by Gasteiger charge is 2.21. The zero-order valence-electron chi connectivity index (χ0n) is 10.9. The van der Waals surface area contributed by atoms with Gasteiger partial charge < -0.3 is 5.11 Å². The van der Waals surface area contributed by atoms with Crippen molar-refractivity contribution in [2.45, 2.75) is 25.4 Å². The van der Waals surface area contributed by atoms with Crippen molar-refractivity contribution in [1.82, 2.24) is 14.7 Å². The van der Waals surface area contributed by atoms with Crippen LogP contribution in [0.4, 0.5) is 0 Å². The maximum Gasteiger partial charge on any atom is 0.115 e. The zero-order valence-corrected chi connectivity index (χ0v) is 10.9. The lowest BCUT2D eigenvalue weighted by molar-refractivity contribution is 0.163. The summed E-state index contributed by atoms with van der Waals surface area (Å²) in [6.45, 7) is 3.12. The SMILES string of the molecule is Oc1ccc(CN2CCCC(n3cccn3)C2)cc1. The van der Waals surface area contributed by atoms with E-state index in [1.165, 1.54) is 18.4 Å². The Hall–Kier alpha value is -1.81.